The Morgan fingerprint density at radius 2 is 2.00 bits per heavy atom. The number of benzene rings is 1. The molecule has 0 saturated carbocycles. The fourth-order valence-corrected chi connectivity index (χ4v) is 3.43. The van der Waals surface area contributed by atoms with Gasteiger partial charge in [-0.3, -0.25) is 10.1 Å². The van der Waals surface area contributed by atoms with Crippen LogP contribution in [0.4, 0.5) is 5.69 Å². The number of halogens is 1. The van der Waals surface area contributed by atoms with Crippen LogP contribution in [0.15, 0.2) is 17.0 Å². The predicted octanol–water partition coefficient (Wildman–Crippen LogP) is 1.82. The van der Waals surface area contributed by atoms with Crippen molar-refractivity contribution in [3.63, 3.8) is 0 Å². The summed E-state index contributed by atoms with van der Waals surface area (Å²) in [7, 11) is -3.93. The molecule has 1 aromatic carbocycles. The van der Waals surface area contributed by atoms with Crippen molar-refractivity contribution in [3.8, 4) is 0 Å². The maximum atomic E-state index is 12.3. The quantitative estimate of drug-likeness (QED) is 0.607. The van der Waals surface area contributed by atoms with Crippen molar-refractivity contribution in [1.29, 1.82) is 0 Å². The largest absolute Gasteiger partial charge is 0.329 e. The zero-order valence-electron chi connectivity index (χ0n) is 12.0. The standard InChI is InChI=1S/C12H18ClN3O4S/c1-7(2)11(6-14)15-21(19,20)9-4-10(13)8(3)12(5-9)16(17)18/h4-5,7,11,15H,6,14H2,1-3H3. The molecule has 21 heavy (non-hydrogen) atoms. The first kappa shape index (κ1) is 17.8. The van der Waals surface area contributed by atoms with E-state index in [2.05, 4.69) is 4.72 Å². The zero-order chi connectivity index (χ0) is 16.4. The van der Waals surface area contributed by atoms with Gasteiger partial charge in [0, 0.05) is 24.2 Å². The Balaban J connectivity index is 3.29. The number of nitrogens with zero attached hydrogens (tertiary/aromatic N) is 1. The Labute approximate surface area is 128 Å². The van der Waals surface area contributed by atoms with Crippen LogP contribution in [-0.4, -0.2) is 25.9 Å². The van der Waals surface area contributed by atoms with Crippen LogP contribution in [0.5, 0.6) is 0 Å². The molecule has 0 spiro atoms. The molecule has 3 N–H and O–H groups in total. The highest BCUT2D eigenvalue weighted by molar-refractivity contribution is 7.89. The molecule has 7 nitrogen and oxygen atoms in total. The van der Waals surface area contributed by atoms with Gasteiger partial charge >= 0.3 is 0 Å². The predicted molar refractivity (Wildman–Crippen MR) is 80.8 cm³/mol. The number of nitro benzene ring substituents is 1. The van der Waals surface area contributed by atoms with Gasteiger partial charge in [-0.05, 0) is 18.9 Å². The van der Waals surface area contributed by atoms with E-state index >= 15 is 0 Å². The summed E-state index contributed by atoms with van der Waals surface area (Å²) in [5.74, 6) is -0.0133. The first-order valence-electron chi connectivity index (χ1n) is 6.27. The topological polar surface area (TPSA) is 115 Å². The van der Waals surface area contributed by atoms with Crippen molar-refractivity contribution in [2.45, 2.75) is 31.7 Å². The fraction of sp³-hybridized carbons (Fsp3) is 0.500. The van der Waals surface area contributed by atoms with E-state index in [1.807, 2.05) is 13.8 Å². The average Bonchev–Trinajstić information content (AvgIpc) is 2.38. The molecule has 0 heterocycles. The third-order valence-electron chi connectivity index (χ3n) is 3.16. The van der Waals surface area contributed by atoms with Crippen molar-refractivity contribution < 1.29 is 13.3 Å². The van der Waals surface area contributed by atoms with Gasteiger partial charge in [0.05, 0.1) is 14.8 Å². The molecule has 0 radical (unpaired) electrons. The summed E-state index contributed by atoms with van der Waals surface area (Å²) in [6.45, 7) is 5.23. The molecule has 0 aliphatic carbocycles. The van der Waals surface area contributed by atoms with Crippen LogP contribution >= 0.6 is 11.6 Å². The molecule has 0 fully saturated rings. The van der Waals surface area contributed by atoms with Gasteiger partial charge in [-0.25, -0.2) is 13.1 Å². The van der Waals surface area contributed by atoms with Crippen LogP contribution in [0.3, 0.4) is 0 Å². The minimum atomic E-state index is -3.93. The molecular formula is C12H18ClN3O4S. The number of hydrogen-bond donors (Lipinski definition) is 2. The lowest BCUT2D eigenvalue weighted by molar-refractivity contribution is -0.385. The van der Waals surface area contributed by atoms with E-state index in [0.29, 0.717) is 0 Å². The van der Waals surface area contributed by atoms with Crippen molar-refractivity contribution in [1.82, 2.24) is 4.72 Å². The normalized spacial score (nSPS) is 13.4. The van der Waals surface area contributed by atoms with Gasteiger partial charge in [0.15, 0.2) is 0 Å². The number of rotatable bonds is 6. The lowest BCUT2D eigenvalue weighted by Gasteiger charge is -2.20. The first-order chi connectivity index (χ1) is 9.60. The minimum Gasteiger partial charge on any atom is -0.329 e. The molecule has 1 rings (SSSR count). The summed E-state index contributed by atoms with van der Waals surface area (Å²) in [6, 6.07) is 1.73. The zero-order valence-corrected chi connectivity index (χ0v) is 13.5. The van der Waals surface area contributed by atoms with Crippen molar-refractivity contribution >= 4 is 27.3 Å². The first-order valence-corrected chi connectivity index (χ1v) is 8.13. The lowest BCUT2D eigenvalue weighted by Crippen LogP contribution is -2.43. The van der Waals surface area contributed by atoms with Crippen molar-refractivity contribution in [2.75, 3.05) is 6.54 Å². The van der Waals surface area contributed by atoms with Crippen molar-refractivity contribution in [2.24, 2.45) is 11.7 Å². The second-order valence-corrected chi connectivity index (χ2v) is 7.14. The van der Waals surface area contributed by atoms with Crippen LogP contribution in [0.1, 0.15) is 19.4 Å². The molecule has 118 valence electrons. The Morgan fingerprint density at radius 3 is 2.43 bits per heavy atom. The molecule has 1 aromatic rings. The summed E-state index contributed by atoms with van der Waals surface area (Å²) in [5, 5.41) is 11.0. The molecule has 0 aromatic heterocycles. The SMILES string of the molecule is Cc1c(Cl)cc(S(=O)(=O)NC(CN)C(C)C)cc1[N+](=O)[O-]. The van der Waals surface area contributed by atoms with Gasteiger partial charge in [-0.2, -0.15) is 0 Å². The summed E-state index contributed by atoms with van der Waals surface area (Å²) < 4.78 is 27.0. The van der Waals surface area contributed by atoms with Crippen molar-refractivity contribution in [3.05, 3.63) is 32.8 Å². The van der Waals surface area contributed by atoms with Gasteiger partial charge in [0.1, 0.15) is 0 Å². The number of nitrogens with two attached hydrogens (primary N) is 1. The maximum absolute atomic E-state index is 12.3. The lowest BCUT2D eigenvalue weighted by atomic mass is 10.1. The molecule has 1 atom stereocenters. The fourth-order valence-electron chi connectivity index (χ4n) is 1.71. The third-order valence-corrected chi connectivity index (χ3v) is 5.02. The molecule has 0 amide bonds. The second-order valence-electron chi connectivity index (χ2n) is 5.01. The number of hydrogen-bond acceptors (Lipinski definition) is 5. The molecular weight excluding hydrogens is 318 g/mol. The van der Waals surface area contributed by atoms with E-state index in [4.69, 9.17) is 17.3 Å². The van der Waals surface area contributed by atoms with E-state index in [9.17, 15) is 18.5 Å². The van der Waals surface area contributed by atoms with Gasteiger partial charge < -0.3 is 5.73 Å². The highest BCUT2D eigenvalue weighted by Crippen LogP contribution is 2.29. The highest BCUT2D eigenvalue weighted by Gasteiger charge is 2.25. The minimum absolute atomic E-state index is 0.0133. The van der Waals surface area contributed by atoms with Crippen LogP contribution in [0.25, 0.3) is 0 Å². The third kappa shape index (κ3) is 4.13. The number of nitro groups is 1. The molecule has 1 unspecified atom stereocenters. The Hall–Kier alpha value is -1.22. The average molecular weight is 336 g/mol. The smallest absolute Gasteiger partial charge is 0.275 e. The highest BCUT2D eigenvalue weighted by atomic mass is 35.5. The molecule has 0 saturated heterocycles. The van der Waals surface area contributed by atoms with Gasteiger partial charge in [0.25, 0.3) is 5.69 Å². The van der Waals surface area contributed by atoms with E-state index in [1.54, 1.807) is 0 Å². The summed E-state index contributed by atoms with van der Waals surface area (Å²) >= 11 is 5.88. The van der Waals surface area contributed by atoms with E-state index in [-0.39, 0.29) is 33.6 Å². The van der Waals surface area contributed by atoms with Gasteiger partial charge in [-0.1, -0.05) is 25.4 Å². The van der Waals surface area contributed by atoms with Crippen LogP contribution in [-0.2, 0) is 10.0 Å². The number of sulfonamides is 1. The van der Waals surface area contributed by atoms with E-state index in [1.165, 1.54) is 13.0 Å². The molecule has 0 aliphatic rings. The summed E-state index contributed by atoms with van der Waals surface area (Å²) in [6.07, 6.45) is 0. The van der Waals surface area contributed by atoms with Crippen LogP contribution in [0, 0.1) is 23.0 Å². The Morgan fingerprint density at radius 1 is 1.43 bits per heavy atom. The summed E-state index contributed by atoms with van der Waals surface area (Å²) in [4.78, 5) is 10.0. The Bertz CT molecular complexity index is 646. The summed E-state index contributed by atoms with van der Waals surface area (Å²) in [5.41, 5.74) is 5.42. The molecule has 0 aliphatic heterocycles. The maximum Gasteiger partial charge on any atom is 0.275 e. The Kier molecular flexibility index (Phi) is 5.68. The molecule has 0 bridgehead atoms. The van der Waals surface area contributed by atoms with E-state index in [0.717, 1.165) is 6.07 Å². The number of nitrogens with one attached hydrogen (secondary N) is 1. The monoisotopic (exact) mass is 335 g/mol. The van der Waals surface area contributed by atoms with Crippen LogP contribution in [0.2, 0.25) is 5.02 Å². The van der Waals surface area contributed by atoms with Gasteiger partial charge in [0.2, 0.25) is 10.0 Å². The second kappa shape index (κ2) is 6.69. The van der Waals surface area contributed by atoms with E-state index < -0.39 is 21.0 Å². The van der Waals surface area contributed by atoms with Crippen LogP contribution < -0.4 is 10.5 Å². The molecule has 9 heteroatoms. The van der Waals surface area contributed by atoms with Gasteiger partial charge in [-0.15, -0.1) is 0 Å².